The lowest BCUT2D eigenvalue weighted by Crippen LogP contribution is -2.45. The van der Waals surface area contributed by atoms with E-state index >= 15 is 0 Å². The first-order valence-electron chi connectivity index (χ1n) is 5.64. The lowest BCUT2D eigenvalue weighted by Gasteiger charge is -2.33. The number of piperidine rings is 1. The Hall–Kier alpha value is -0.900. The number of likely N-dealkylation sites (N-methyl/N-ethyl adjacent to an activating group) is 1. The van der Waals surface area contributed by atoms with Gasteiger partial charge in [0.15, 0.2) is 0 Å². The summed E-state index contributed by atoms with van der Waals surface area (Å²) in [5.74, 6) is 0.698. The molecule has 2 saturated heterocycles. The predicted molar refractivity (Wildman–Crippen MR) is 56.2 cm³/mol. The summed E-state index contributed by atoms with van der Waals surface area (Å²) in [6, 6.07) is -0.171. The number of rotatable bonds is 1. The smallest absolute Gasteiger partial charge is 0.246 e. The molecule has 0 aromatic rings. The highest BCUT2D eigenvalue weighted by molar-refractivity contribution is 6.05. The van der Waals surface area contributed by atoms with Crippen LogP contribution in [0, 0.1) is 5.92 Å². The number of imide groups is 1. The predicted octanol–water partition coefficient (Wildman–Crippen LogP) is 0.476. The summed E-state index contributed by atoms with van der Waals surface area (Å²) in [4.78, 5) is 26.6. The molecular weight excluding hydrogens is 192 g/mol. The molecule has 2 fully saturated rings. The molecule has 4 nitrogen and oxygen atoms in total. The zero-order valence-corrected chi connectivity index (χ0v) is 9.40. The molecule has 2 rings (SSSR count). The van der Waals surface area contributed by atoms with Gasteiger partial charge in [0.1, 0.15) is 0 Å². The molecule has 0 aliphatic carbocycles. The van der Waals surface area contributed by atoms with Crippen LogP contribution in [0.4, 0.5) is 0 Å². The van der Waals surface area contributed by atoms with E-state index in [0.29, 0.717) is 6.42 Å². The van der Waals surface area contributed by atoms with Crippen LogP contribution in [0.25, 0.3) is 0 Å². The van der Waals surface area contributed by atoms with Crippen molar-refractivity contribution in [2.24, 2.45) is 5.92 Å². The maximum atomic E-state index is 11.8. The summed E-state index contributed by atoms with van der Waals surface area (Å²) in [5.41, 5.74) is 0. The van der Waals surface area contributed by atoms with E-state index < -0.39 is 0 Å². The molecule has 15 heavy (non-hydrogen) atoms. The molecule has 0 aromatic heterocycles. The second-order valence-corrected chi connectivity index (χ2v) is 4.73. The average Bonchev–Trinajstić information content (AvgIpc) is 2.47. The molecule has 0 N–H and O–H groups in total. The first kappa shape index (κ1) is 10.6. The fourth-order valence-corrected chi connectivity index (χ4v) is 2.36. The summed E-state index contributed by atoms with van der Waals surface area (Å²) in [6.45, 7) is 4.16. The zero-order chi connectivity index (χ0) is 11.0. The van der Waals surface area contributed by atoms with E-state index in [4.69, 9.17) is 0 Å². The third-order valence-electron chi connectivity index (χ3n) is 3.62. The number of nitrogens with zero attached hydrogens (tertiary/aromatic N) is 2. The van der Waals surface area contributed by atoms with Gasteiger partial charge in [-0.25, -0.2) is 0 Å². The first-order valence-corrected chi connectivity index (χ1v) is 5.64. The minimum Gasteiger partial charge on any atom is -0.292 e. The van der Waals surface area contributed by atoms with E-state index in [1.165, 1.54) is 4.90 Å². The Morgan fingerprint density at radius 1 is 1.20 bits per heavy atom. The fourth-order valence-electron chi connectivity index (χ4n) is 2.36. The van der Waals surface area contributed by atoms with Gasteiger partial charge < -0.3 is 0 Å². The highest BCUT2D eigenvalue weighted by atomic mass is 16.2. The number of hydrogen-bond acceptors (Lipinski definition) is 3. The van der Waals surface area contributed by atoms with Crippen LogP contribution in [-0.4, -0.2) is 47.8 Å². The molecule has 0 bridgehead atoms. The van der Waals surface area contributed by atoms with E-state index in [9.17, 15) is 9.59 Å². The zero-order valence-electron chi connectivity index (χ0n) is 9.40. The number of likely N-dealkylation sites (tertiary alicyclic amines) is 2. The third-order valence-corrected chi connectivity index (χ3v) is 3.62. The van der Waals surface area contributed by atoms with Crippen molar-refractivity contribution in [2.75, 3.05) is 20.1 Å². The fraction of sp³-hybridized carbons (Fsp3) is 0.818. The largest absolute Gasteiger partial charge is 0.292 e. The van der Waals surface area contributed by atoms with Crippen molar-refractivity contribution >= 4 is 11.8 Å². The lowest BCUT2D eigenvalue weighted by atomic mass is 9.97. The second-order valence-electron chi connectivity index (χ2n) is 4.73. The van der Waals surface area contributed by atoms with Gasteiger partial charge in [-0.3, -0.25) is 19.4 Å². The van der Waals surface area contributed by atoms with Gasteiger partial charge in [-0.15, -0.1) is 0 Å². The molecule has 2 aliphatic rings. The Bertz CT molecular complexity index is 282. The number of amides is 2. The van der Waals surface area contributed by atoms with E-state index in [1.54, 1.807) is 7.05 Å². The van der Waals surface area contributed by atoms with Crippen molar-refractivity contribution in [3.8, 4) is 0 Å². The highest BCUT2D eigenvalue weighted by Gasteiger charge is 2.40. The molecule has 0 saturated carbocycles. The number of carbonyl (C=O) groups excluding carboxylic acids is 2. The third kappa shape index (κ3) is 1.91. The molecule has 0 radical (unpaired) electrons. The monoisotopic (exact) mass is 210 g/mol. The molecule has 2 heterocycles. The van der Waals surface area contributed by atoms with Crippen LogP contribution in [0.3, 0.4) is 0 Å². The second kappa shape index (κ2) is 3.93. The summed E-state index contributed by atoms with van der Waals surface area (Å²) in [5, 5.41) is 0. The average molecular weight is 210 g/mol. The minimum absolute atomic E-state index is 0.0189. The van der Waals surface area contributed by atoms with Gasteiger partial charge in [0, 0.05) is 7.05 Å². The summed E-state index contributed by atoms with van der Waals surface area (Å²) < 4.78 is 0. The number of hydrogen-bond donors (Lipinski definition) is 0. The molecule has 84 valence electrons. The van der Waals surface area contributed by atoms with Crippen molar-refractivity contribution in [3.05, 3.63) is 0 Å². The van der Waals surface area contributed by atoms with Crippen LogP contribution in [0.15, 0.2) is 0 Å². The maximum absolute atomic E-state index is 11.8. The van der Waals surface area contributed by atoms with Gasteiger partial charge in [0.25, 0.3) is 0 Å². The molecule has 1 unspecified atom stereocenters. The lowest BCUT2D eigenvalue weighted by molar-refractivity contribution is -0.138. The molecule has 2 amide bonds. The Balaban J connectivity index is 2.00. The maximum Gasteiger partial charge on any atom is 0.246 e. The topological polar surface area (TPSA) is 40.6 Å². The van der Waals surface area contributed by atoms with Crippen LogP contribution in [0.2, 0.25) is 0 Å². The van der Waals surface area contributed by atoms with E-state index in [0.717, 1.165) is 31.8 Å². The van der Waals surface area contributed by atoms with Crippen molar-refractivity contribution in [1.82, 2.24) is 9.80 Å². The van der Waals surface area contributed by atoms with Crippen LogP contribution >= 0.6 is 0 Å². The Morgan fingerprint density at radius 2 is 1.80 bits per heavy atom. The summed E-state index contributed by atoms with van der Waals surface area (Å²) in [6.07, 6.45) is 2.66. The van der Waals surface area contributed by atoms with E-state index in [2.05, 4.69) is 11.8 Å². The minimum atomic E-state index is -0.171. The van der Waals surface area contributed by atoms with Gasteiger partial charge in [-0.05, 0) is 31.8 Å². The molecular formula is C11H18N2O2. The molecule has 2 aliphatic heterocycles. The van der Waals surface area contributed by atoms with Gasteiger partial charge >= 0.3 is 0 Å². The summed E-state index contributed by atoms with van der Waals surface area (Å²) in [7, 11) is 1.58. The van der Waals surface area contributed by atoms with Crippen molar-refractivity contribution in [1.29, 1.82) is 0 Å². The van der Waals surface area contributed by atoms with E-state index in [-0.39, 0.29) is 17.9 Å². The summed E-state index contributed by atoms with van der Waals surface area (Å²) >= 11 is 0. The van der Waals surface area contributed by atoms with Crippen molar-refractivity contribution in [3.63, 3.8) is 0 Å². The molecule has 1 atom stereocenters. The van der Waals surface area contributed by atoms with Gasteiger partial charge in [-0.2, -0.15) is 0 Å². The Kier molecular flexibility index (Phi) is 2.78. The highest BCUT2D eigenvalue weighted by Crippen LogP contribution is 2.23. The van der Waals surface area contributed by atoms with Crippen LogP contribution in [0.1, 0.15) is 26.2 Å². The Morgan fingerprint density at radius 3 is 2.27 bits per heavy atom. The van der Waals surface area contributed by atoms with E-state index in [1.807, 2.05) is 0 Å². The standard InChI is InChI=1S/C11H18N2O2/c1-8-3-5-13(6-4-8)9-7-10(14)12(2)11(9)15/h8-9H,3-7H2,1-2H3. The Labute approximate surface area is 90.2 Å². The van der Waals surface area contributed by atoms with Crippen LogP contribution in [0.5, 0.6) is 0 Å². The van der Waals surface area contributed by atoms with Gasteiger partial charge in [-0.1, -0.05) is 6.92 Å². The molecule has 0 aromatic carbocycles. The quantitative estimate of drug-likeness (QED) is 0.591. The van der Waals surface area contributed by atoms with Gasteiger partial charge in [0.05, 0.1) is 12.5 Å². The van der Waals surface area contributed by atoms with Gasteiger partial charge in [0.2, 0.25) is 11.8 Å². The molecule has 0 spiro atoms. The van der Waals surface area contributed by atoms with Crippen LogP contribution < -0.4 is 0 Å². The first-order chi connectivity index (χ1) is 7.09. The molecule has 4 heteroatoms. The number of carbonyl (C=O) groups is 2. The van der Waals surface area contributed by atoms with Crippen molar-refractivity contribution < 1.29 is 9.59 Å². The SMILES string of the molecule is CC1CCN(C2CC(=O)N(C)C2=O)CC1. The van der Waals surface area contributed by atoms with Crippen LogP contribution in [-0.2, 0) is 9.59 Å². The van der Waals surface area contributed by atoms with Crippen molar-refractivity contribution in [2.45, 2.75) is 32.2 Å². The normalized spacial score (nSPS) is 30.3.